The van der Waals surface area contributed by atoms with Gasteiger partial charge in [0.25, 0.3) is 0 Å². The minimum absolute atomic E-state index is 0.153. The van der Waals surface area contributed by atoms with Crippen molar-refractivity contribution in [2.24, 2.45) is 5.84 Å². The maximum absolute atomic E-state index is 5.56. The van der Waals surface area contributed by atoms with E-state index in [1.807, 2.05) is 36.4 Å². The van der Waals surface area contributed by atoms with Gasteiger partial charge in [-0.1, -0.05) is 12.1 Å². The Hall–Kier alpha value is -1.78. The van der Waals surface area contributed by atoms with Crippen molar-refractivity contribution in [2.45, 2.75) is 18.9 Å². The molecule has 0 saturated carbocycles. The molecule has 17 heavy (non-hydrogen) atoms. The van der Waals surface area contributed by atoms with E-state index >= 15 is 0 Å². The van der Waals surface area contributed by atoms with Crippen LogP contribution < -0.4 is 11.3 Å². The van der Waals surface area contributed by atoms with Gasteiger partial charge < -0.3 is 0 Å². The number of pyridine rings is 2. The van der Waals surface area contributed by atoms with Gasteiger partial charge in [-0.15, -0.1) is 0 Å². The first-order chi connectivity index (χ1) is 8.38. The van der Waals surface area contributed by atoms with E-state index in [9.17, 15) is 0 Å². The summed E-state index contributed by atoms with van der Waals surface area (Å²) in [7, 11) is 0. The second-order valence-electron chi connectivity index (χ2n) is 3.91. The smallest absolute Gasteiger partial charge is 0.0419 e. The van der Waals surface area contributed by atoms with Crippen molar-refractivity contribution in [2.75, 3.05) is 0 Å². The molecular formula is C13H16N4. The van der Waals surface area contributed by atoms with Crippen molar-refractivity contribution in [3.05, 3.63) is 60.2 Å². The second-order valence-corrected chi connectivity index (χ2v) is 3.91. The predicted molar refractivity (Wildman–Crippen MR) is 67.0 cm³/mol. The Morgan fingerprint density at radius 3 is 1.82 bits per heavy atom. The average molecular weight is 228 g/mol. The van der Waals surface area contributed by atoms with E-state index in [-0.39, 0.29) is 6.04 Å². The van der Waals surface area contributed by atoms with Crippen LogP contribution in [-0.4, -0.2) is 16.0 Å². The van der Waals surface area contributed by atoms with Crippen molar-refractivity contribution in [1.82, 2.24) is 15.4 Å². The van der Waals surface area contributed by atoms with Crippen LogP contribution in [0, 0.1) is 0 Å². The van der Waals surface area contributed by atoms with Crippen LogP contribution in [0.5, 0.6) is 0 Å². The van der Waals surface area contributed by atoms with Crippen molar-refractivity contribution in [3.63, 3.8) is 0 Å². The van der Waals surface area contributed by atoms with Crippen LogP contribution in [0.25, 0.3) is 0 Å². The van der Waals surface area contributed by atoms with E-state index in [4.69, 9.17) is 5.84 Å². The highest BCUT2D eigenvalue weighted by Crippen LogP contribution is 2.04. The molecule has 88 valence electrons. The lowest BCUT2D eigenvalue weighted by Crippen LogP contribution is -2.38. The van der Waals surface area contributed by atoms with E-state index < -0.39 is 0 Å². The topological polar surface area (TPSA) is 63.8 Å². The third-order valence-electron chi connectivity index (χ3n) is 2.60. The number of nitrogens with two attached hydrogens (primary N) is 1. The van der Waals surface area contributed by atoms with E-state index in [0.29, 0.717) is 0 Å². The Bertz CT molecular complexity index is 388. The summed E-state index contributed by atoms with van der Waals surface area (Å²) < 4.78 is 0. The van der Waals surface area contributed by atoms with Crippen LogP contribution in [-0.2, 0) is 12.8 Å². The highest BCUT2D eigenvalue weighted by Gasteiger charge is 2.09. The molecule has 0 unspecified atom stereocenters. The summed E-state index contributed by atoms with van der Waals surface area (Å²) in [5.41, 5.74) is 4.89. The van der Waals surface area contributed by atoms with Gasteiger partial charge in [0.15, 0.2) is 0 Å². The average Bonchev–Trinajstić information content (AvgIpc) is 2.40. The molecular weight excluding hydrogens is 212 g/mol. The summed E-state index contributed by atoms with van der Waals surface area (Å²) in [6.45, 7) is 0. The molecule has 0 aliphatic carbocycles. The van der Waals surface area contributed by atoms with Gasteiger partial charge in [-0.2, -0.15) is 0 Å². The van der Waals surface area contributed by atoms with Crippen molar-refractivity contribution < 1.29 is 0 Å². The van der Waals surface area contributed by atoms with Crippen LogP contribution in [0.3, 0.4) is 0 Å². The van der Waals surface area contributed by atoms with E-state index in [1.54, 1.807) is 12.4 Å². The fraction of sp³-hybridized carbons (Fsp3) is 0.231. The number of hydrogen-bond acceptors (Lipinski definition) is 4. The van der Waals surface area contributed by atoms with E-state index in [2.05, 4.69) is 15.4 Å². The van der Waals surface area contributed by atoms with Gasteiger partial charge in [0.05, 0.1) is 0 Å². The van der Waals surface area contributed by atoms with Gasteiger partial charge in [0, 0.05) is 42.7 Å². The molecule has 2 aromatic heterocycles. The SMILES string of the molecule is NNC(Cc1ccccn1)Cc1ccccn1. The zero-order valence-corrected chi connectivity index (χ0v) is 9.58. The lowest BCUT2D eigenvalue weighted by atomic mass is 10.1. The van der Waals surface area contributed by atoms with Crippen LogP contribution in [0.4, 0.5) is 0 Å². The van der Waals surface area contributed by atoms with Gasteiger partial charge in [-0.3, -0.25) is 21.2 Å². The first kappa shape index (κ1) is 11.7. The van der Waals surface area contributed by atoms with Crippen LogP contribution in [0.1, 0.15) is 11.4 Å². The summed E-state index contributed by atoms with van der Waals surface area (Å²) in [5, 5.41) is 0. The Kier molecular flexibility index (Phi) is 4.18. The summed E-state index contributed by atoms with van der Waals surface area (Å²) in [4.78, 5) is 8.58. The van der Waals surface area contributed by atoms with Crippen LogP contribution in [0.2, 0.25) is 0 Å². The third-order valence-corrected chi connectivity index (χ3v) is 2.60. The molecule has 0 radical (unpaired) electrons. The fourth-order valence-electron chi connectivity index (χ4n) is 1.73. The molecule has 0 aliphatic rings. The highest BCUT2D eigenvalue weighted by atomic mass is 15.2. The molecule has 2 rings (SSSR count). The highest BCUT2D eigenvalue weighted by molar-refractivity contribution is 5.09. The zero-order valence-electron chi connectivity index (χ0n) is 9.58. The standard InChI is InChI=1S/C13H16N4/c14-17-13(9-11-5-1-3-7-15-11)10-12-6-2-4-8-16-12/h1-8,13,17H,9-10,14H2. The quantitative estimate of drug-likeness (QED) is 0.594. The van der Waals surface area contributed by atoms with Crippen LogP contribution in [0.15, 0.2) is 48.8 Å². The Balaban J connectivity index is 1.98. The molecule has 0 aliphatic heterocycles. The molecule has 2 heterocycles. The molecule has 3 N–H and O–H groups in total. The number of aromatic nitrogens is 2. The maximum Gasteiger partial charge on any atom is 0.0419 e. The van der Waals surface area contributed by atoms with Crippen molar-refractivity contribution in [3.8, 4) is 0 Å². The van der Waals surface area contributed by atoms with Gasteiger partial charge in [-0.05, 0) is 24.3 Å². The minimum Gasteiger partial charge on any atom is -0.271 e. The number of nitrogens with zero attached hydrogens (tertiary/aromatic N) is 2. The van der Waals surface area contributed by atoms with Crippen molar-refractivity contribution >= 4 is 0 Å². The van der Waals surface area contributed by atoms with Gasteiger partial charge in [0.2, 0.25) is 0 Å². The maximum atomic E-state index is 5.56. The summed E-state index contributed by atoms with van der Waals surface area (Å²) >= 11 is 0. The van der Waals surface area contributed by atoms with Crippen LogP contribution >= 0.6 is 0 Å². The Labute approximate surface area is 101 Å². The summed E-state index contributed by atoms with van der Waals surface area (Å²) in [6, 6.07) is 11.9. The lowest BCUT2D eigenvalue weighted by Gasteiger charge is -2.14. The summed E-state index contributed by atoms with van der Waals surface area (Å²) in [6.07, 6.45) is 5.19. The zero-order chi connectivity index (χ0) is 11.9. The monoisotopic (exact) mass is 228 g/mol. The fourth-order valence-corrected chi connectivity index (χ4v) is 1.73. The minimum atomic E-state index is 0.153. The molecule has 0 bridgehead atoms. The molecule has 2 aromatic rings. The number of hydrazine groups is 1. The van der Waals surface area contributed by atoms with E-state index in [0.717, 1.165) is 24.2 Å². The molecule has 4 heteroatoms. The number of nitrogens with one attached hydrogen (secondary N) is 1. The molecule has 0 amide bonds. The summed E-state index contributed by atoms with van der Waals surface area (Å²) in [5.74, 6) is 5.56. The van der Waals surface area contributed by atoms with Gasteiger partial charge in [-0.25, -0.2) is 0 Å². The third kappa shape index (κ3) is 3.62. The molecule has 0 fully saturated rings. The van der Waals surface area contributed by atoms with Gasteiger partial charge >= 0.3 is 0 Å². The van der Waals surface area contributed by atoms with Gasteiger partial charge in [0.1, 0.15) is 0 Å². The Morgan fingerprint density at radius 2 is 1.47 bits per heavy atom. The van der Waals surface area contributed by atoms with Crippen molar-refractivity contribution in [1.29, 1.82) is 0 Å². The molecule has 0 aromatic carbocycles. The number of rotatable bonds is 5. The van der Waals surface area contributed by atoms with E-state index in [1.165, 1.54) is 0 Å². The predicted octanol–water partition coefficient (Wildman–Crippen LogP) is 1.09. The second kappa shape index (κ2) is 6.08. The first-order valence-electron chi connectivity index (χ1n) is 5.64. The molecule has 0 saturated heterocycles. The largest absolute Gasteiger partial charge is 0.271 e. The first-order valence-corrected chi connectivity index (χ1v) is 5.64. The molecule has 4 nitrogen and oxygen atoms in total. The lowest BCUT2D eigenvalue weighted by molar-refractivity contribution is 0.512. The Morgan fingerprint density at radius 1 is 0.941 bits per heavy atom. The number of hydrogen-bond donors (Lipinski definition) is 2. The molecule has 0 atom stereocenters. The molecule has 0 spiro atoms. The normalized spacial score (nSPS) is 10.7.